The Morgan fingerprint density at radius 2 is 1.97 bits per heavy atom. The van der Waals surface area contributed by atoms with Gasteiger partial charge in [0, 0.05) is 31.9 Å². The molecule has 1 N–H and O–H groups in total. The second-order valence-corrected chi connectivity index (χ2v) is 8.09. The van der Waals surface area contributed by atoms with Crippen molar-refractivity contribution in [2.24, 2.45) is 0 Å². The molecule has 0 saturated carbocycles. The maximum atomic E-state index is 13.0. The van der Waals surface area contributed by atoms with Crippen LogP contribution < -0.4 is 10.1 Å². The molecule has 1 amide bonds. The summed E-state index contributed by atoms with van der Waals surface area (Å²) in [6, 6.07) is 22.5. The molecule has 160 valence electrons. The van der Waals surface area contributed by atoms with Crippen LogP contribution in [0.25, 0.3) is 11.1 Å². The first-order chi connectivity index (χ1) is 15.2. The van der Waals surface area contributed by atoms with E-state index >= 15 is 0 Å². The van der Waals surface area contributed by atoms with Gasteiger partial charge >= 0.3 is 0 Å². The molecule has 1 fully saturated rings. The number of hydrogen-bond donors (Lipinski definition) is 1. The summed E-state index contributed by atoms with van der Waals surface area (Å²) in [4.78, 5) is 19.9. The van der Waals surface area contributed by atoms with Gasteiger partial charge in [0.2, 0.25) is 5.91 Å². The standard InChI is InChI=1S/C26H29N3O2/c1-27-25(30)26(24-13-5-6-15-28-24)14-8-16-29(19-26)18-20-9-7-10-21(17-20)22-11-3-4-12-23(22)31-2/h3-7,9-13,15,17H,8,14,16,18-19H2,1-2H3,(H,27,30). The summed E-state index contributed by atoms with van der Waals surface area (Å²) in [5.41, 5.74) is 3.67. The van der Waals surface area contributed by atoms with Gasteiger partial charge in [0.05, 0.1) is 12.8 Å². The maximum Gasteiger partial charge on any atom is 0.233 e. The summed E-state index contributed by atoms with van der Waals surface area (Å²) in [6.45, 7) is 2.40. The van der Waals surface area contributed by atoms with E-state index in [4.69, 9.17) is 4.74 Å². The van der Waals surface area contributed by atoms with Crippen LogP contribution in [0.4, 0.5) is 0 Å². The third-order valence-electron chi connectivity index (χ3n) is 6.14. The number of pyridine rings is 1. The molecule has 1 aromatic heterocycles. The summed E-state index contributed by atoms with van der Waals surface area (Å²) >= 11 is 0. The lowest BCUT2D eigenvalue weighted by Crippen LogP contribution is -2.54. The molecule has 0 spiro atoms. The van der Waals surface area contributed by atoms with Gasteiger partial charge < -0.3 is 10.1 Å². The minimum Gasteiger partial charge on any atom is -0.496 e. The van der Waals surface area contributed by atoms with Crippen LogP contribution in [-0.2, 0) is 16.8 Å². The van der Waals surface area contributed by atoms with Crippen LogP contribution in [0.5, 0.6) is 5.75 Å². The Balaban J connectivity index is 1.59. The molecule has 0 radical (unpaired) electrons. The van der Waals surface area contributed by atoms with E-state index in [2.05, 4.69) is 45.5 Å². The van der Waals surface area contributed by atoms with Crippen LogP contribution >= 0.6 is 0 Å². The summed E-state index contributed by atoms with van der Waals surface area (Å²) in [7, 11) is 3.41. The van der Waals surface area contributed by atoms with Gasteiger partial charge in [0.1, 0.15) is 11.2 Å². The van der Waals surface area contributed by atoms with Crippen LogP contribution in [0, 0.1) is 0 Å². The van der Waals surface area contributed by atoms with Crippen molar-refractivity contribution in [1.29, 1.82) is 0 Å². The quantitative estimate of drug-likeness (QED) is 0.660. The fourth-order valence-electron chi connectivity index (χ4n) is 4.65. The number of amides is 1. The summed E-state index contributed by atoms with van der Waals surface area (Å²) in [5.74, 6) is 0.907. The number of benzene rings is 2. The van der Waals surface area contributed by atoms with Crippen LogP contribution in [0.15, 0.2) is 72.9 Å². The number of likely N-dealkylation sites (N-methyl/N-ethyl adjacent to an activating group) is 1. The van der Waals surface area contributed by atoms with Gasteiger partial charge in [0.25, 0.3) is 0 Å². The van der Waals surface area contributed by atoms with E-state index < -0.39 is 5.41 Å². The van der Waals surface area contributed by atoms with Crippen molar-refractivity contribution in [3.63, 3.8) is 0 Å². The molecule has 5 heteroatoms. The molecule has 3 aromatic rings. The molecule has 1 saturated heterocycles. The number of carbonyl (C=O) groups is 1. The second-order valence-electron chi connectivity index (χ2n) is 8.09. The molecule has 31 heavy (non-hydrogen) atoms. The van der Waals surface area contributed by atoms with Gasteiger partial charge in [-0.25, -0.2) is 0 Å². The van der Waals surface area contributed by atoms with E-state index in [0.717, 1.165) is 48.5 Å². The van der Waals surface area contributed by atoms with Gasteiger partial charge in [-0.15, -0.1) is 0 Å². The zero-order chi connectivity index (χ0) is 21.7. The summed E-state index contributed by atoms with van der Waals surface area (Å²) in [5, 5.41) is 2.88. The number of likely N-dealkylation sites (tertiary alicyclic amines) is 1. The molecular formula is C26H29N3O2. The highest BCUT2D eigenvalue weighted by atomic mass is 16.5. The van der Waals surface area contributed by atoms with E-state index in [0.29, 0.717) is 6.54 Å². The Morgan fingerprint density at radius 1 is 1.13 bits per heavy atom. The van der Waals surface area contributed by atoms with Crippen molar-refractivity contribution >= 4 is 5.91 Å². The van der Waals surface area contributed by atoms with Crippen LogP contribution in [0.3, 0.4) is 0 Å². The van der Waals surface area contributed by atoms with Crippen molar-refractivity contribution in [2.75, 3.05) is 27.2 Å². The first-order valence-electron chi connectivity index (χ1n) is 10.7. The monoisotopic (exact) mass is 415 g/mol. The lowest BCUT2D eigenvalue weighted by atomic mass is 9.75. The summed E-state index contributed by atoms with van der Waals surface area (Å²) in [6.07, 6.45) is 3.54. The SMILES string of the molecule is CNC(=O)C1(c2ccccn2)CCCN(Cc2cccc(-c3ccccc3OC)c2)C1. The smallest absolute Gasteiger partial charge is 0.233 e. The Labute approximate surface area is 184 Å². The van der Waals surface area contributed by atoms with Crippen LogP contribution in [0.2, 0.25) is 0 Å². The molecule has 5 nitrogen and oxygen atoms in total. The number of ether oxygens (including phenoxy) is 1. The topological polar surface area (TPSA) is 54.5 Å². The van der Waals surface area contributed by atoms with Gasteiger partial charge in [-0.05, 0) is 54.8 Å². The number of carbonyl (C=O) groups excluding carboxylic acids is 1. The van der Waals surface area contributed by atoms with Crippen molar-refractivity contribution < 1.29 is 9.53 Å². The number of nitrogens with zero attached hydrogens (tertiary/aromatic N) is 2. The van der Waals surface area contributed by atoms with Gasteiger partial charge in [-0.3, -0.25) is 14.7 Å². The van der Waals surface area contributed by atoms with Crippen molar-refractivity contribution in [3.05, 3.63) is 84.2 Å². The lowest BCUT2D eigenvalue weighted by Gasteiger charge is -2.41. The average Bonchev–Trinajstić information content (AvgIpc) is 2.84. The highest BCUT2D eigenvalue weighted by molar-refractivity contribution is 5.88. The molecule has 1 aliphatic rings. The largest absolute Gasteiger partial charge is 0.496 e. The van der Waals surface area contributed by atoms with Gasteiger partial charge in [-0.1, -0.05) is 42.5 Å². The van der Waals surface area contributed by atoms with Crippen molar-refractivity contribution in [3.8, 4) is 16.9 Å². The Bertz CT molecular complexity index is 1040. The number of nitrogens with one attached hydrogen (secondary N) is 1. The van der Waals surface area contributed by atoms with Gasteiger partial charge in [-0.2, -0.15) is 0 Å². The van der Waals surface area contributed by atoms with Crippen LogP contribution in [0.1, 0.15) is 24.1 Å². The number of methoxy groups -OCH3 is 1. The molecule has 2 heterocycles. The minimum atomic E-state index is -0.617. The predicted octanol–water partition coefficient (Wildman–Crippen LogP) is 4.04. The van der Waals surface area contributed by atoms with Crippen LogP contribution in [-0.4, -0.2) is 43.0 Å². The zero-order valence-electron chi connectivity index (χ0n) is 18.2. The number of aromatic nitrogens is 1. The molecular weight excluding hydrogens is 386 g/mol. The van der Waals surface area contributed by atoms with E-state index in [1.807, 2.05) is 36.4 Å². The fraction of sp³-hybridized carbons (Fsp3) is 0.308. The Kier molecular flexibility index (Phi) is 6.33. The number of rotatable bonds is 6. The first-order valence-corrected chi connectivity index (χ1v) is 10.7. The molecule has 1 atom stereocenters. The number of para-hydroxylation sites is 1. The highest BCUT2D eigenvalue weighted by Crippen LogP contribution is 2.35. The van der Waals surface area contributed by atoms with E-state index in [9.17, 15) is 4.79 Å². The van der Waals surface area contributed by atoms with Crippen molar-refractivity contribution in [2.45, 2.75) is 24.8 Å². The predicted molar refractivity (Wildman–Crippen MR) is 123 cm³/mol. The molecule has 0 aliphatic carbocycles. The van der Waals surface area contributed by atoms with E-state index in [1.165, 1.54) is 5.56 Å². The van der Waals surface area contributed by atoms with E-state index in [-0.39, 0.29) is 5.91 Å². The lowest BCUT2D eigenvalue weighted by molar-refractivity contribution is -0.128. The summed E-state index contributed by atoms with van der Waals surface area (Å²) < 4.78 is 5.54. The average molecular weight is 416 g/mol. The van der Waals surface area contributed by atoms with E-state index in [1.54, 1.807) is 20.4 Å². The molecule has 2 aromatic carbocycles. The Morgan fingerprint density at radius 3 is 2.74 bits per heavy atom. The molecule has 1 aliphatic heterocycles. The maximum absolute atomic E-state index is 13.0. The molecule has 0 bridgehead atoms. The van der Waals surface area contributed by atoms with Crippen molar-refractivity contribution in [1.82, 2.24) is 15.2 Å². The number of hydrogen-bond acceptors (Lipinski definition) is 4. The third kappa shape index (κ3) is 4.32. The Hall–Kier alpha value is -3.18. The zero-order valence-corrected chi connectivity index (χ0v) is 18.2. The number of piperidine rings is 1. The third-order valence-corrected chi connectivity index (χ3v) is 6.14. The fourth-order valence-corrected chi connectivity index (χ4v) is 4.65. The highest BCUT2D eigenvalue weighted by Gasteiger charge is 2.44. The second kappa shape index (κ2) is 9.31. The van der Waals surface area contributed by atoms with Gasteiger partial charge in [0.15, 0.2) is 0 Å². The molecule has 4 rings (SSSR count). The minimum absolute atomic E-state index is 0.0404. The normalized spacial score (nSPS) is 19.0. The first kappa shape index (κ1) is 21.1. The molecule has 1 unspecified atom stereocenters.